The highest BCUT2D eigenvalue weighted by molar-refractivity contribution is 7.80. The molecule has 1 aliphatic rings. The number of aryl methyl sites for hydroxylation is 2. The van der Waals surface area contributed by atoms with Crippen molar-refractivity contribution in [2.45, 2.75) is 39.8 Å². The van der Waals surface area contributed by atoms with Crippen molar-refractivity contribution < 1.29 is 0 Å². The van der Waals surface area contributed by atoms with Crippen molar-refractivity contribution >= 4 is 17.3 Å². The van der Waals surface area contributed by atoms with E-state index in [0.29, 0.717) is 5.92 Å². The van der Waals surface area contributed by atoms with E-state index in [9.17, 15) is 0 Å². The van der Waals surface area contributed by atoms with Gasteiger partial charge in [-0.3, -0.25) is 4.98 Å². The third-order valence-corrected chi connectivity index (χ3v) is 4.62. The molecule has 0 aliphatic carbocycles. The first-order valence-electron chi connectivity index (χ1n) is 8.11. The van der Waals surface area contributed by atoms with Crippen LogP contribution < -0.4 is 5.32 Å². The van der Waals surface area contributed by atoms with E-state index in [1.54, 1.807) is 0 Å². The molecule has 0 saturated carbocycles. The van der Waals surface area contributed by atoms with E-state index >= 15 is 0 Å². The van der Waals surface area contributed by atoms with Crippen LogP contribution in [0.4, 0.5) is 0 Å². The molecule has 4 nitrogen and oxygen atoms in total. The smallest absolute Gasteiger partial charge is 0.170 e. The molecule has 0 spiro atoms. The van der Waals surface area contributed by atoms with Crippen LogP contribution >= 0.6 is 12.2 Å². The van der Waals surface area contributed by atoms with Crippen LogP contribution in [0.15, 0.2) is 30.5 Å². The Bertz CT molecular complexity index is 692. The molecular weight excluding hydrogens is 304 g/mol. The molecule has 3 rings (SSSR count). The van der Waals surface area contributed by atoms with E-state index in [4.69, 9.17) is 12.2 Å². The molecule has 2 atom stereocenters. The molecule has 23 heavy (non-hydrogen) atoms. The molecule has 1 saturated heterocycles. The Hall–Kier alpha value is -1.88. The highest BCUT2D eigenvalue weighted by Crippen LogP contribution is 2.40. The minimum Gasteiger partial charge on any atom is -0.362 e. The quantitative estimate of drug-likeness (QED) is 0.841. The van der Waals surface area contributed by atoms with Gasteiger partial charge in [0, 0.05) is 24.1 Å². The zero-order valence-corrected chi connectivity index (χ0v) is 14.9. The number of aromatic amines is 1. The van der Waals surface area contributed by atoms with Crippen molar-refractivity contribution in [3.05, 3.63) is 53.1 Å². The van der Waals surface area contributed by atoms with Gasteiger partial charge < -0.3 is 15.2 Å². The Morgan fingerprint density at radius 2 is 2.09 bits per heavy atom. The van der Waals surface area contributed by atoms with E-state index in [1.165, 1.54) is 17.0 Å². The summed E-state index contributed by atoms with van der Waals surface area (Å²) in [7, 11) is 0. The molecule has 2 N–H and O–H groups in total. The Morgan fingerprint density at radius 3 is 2.65 bits per heavy atom. The molecule has 0 unspecified atom stereocenters. The van der Waals surface area contributed by atoms with E-state index in [-0.39, 0.29) is 12.1 Å². The monoisotopic (exact) mass is 328 g/mol. The minimum atomic E-state index is 0.0800. The van der Waals surface area contributed by atoms with Gasteiger partial charge in [0.05, 0.1) is 17.8 Å². The van der Waals surface area contributed by atoms with Gasteiger partial charge in [-0.25, -0.2) is 0 Å². The lowest BCUT2D eigenvalue weighted by molar-refractivity contribution is 0.287. The third-order valence-electron chi connectivity index (χ3n) is 4.27. The number of H-pyrrole nitrogens is 1. The maximum atomic E-state index is 5.64. The Morgan fingerprint density at radius 1 is 1.30 bits per heavy atom. The van der Waals surface area contributed by atoms with Gasteiger partial charge in [0.2, 0.25) is 0 Å². The normalized spacial score (nSPS) is 21.1. The van der Waals surface area contributed by atoms with Gasteiger partial charge in [-0.1, -0.05) is 19.9 Å². The van der Waals surface area contributed by atoms with E-state index in [2.05, 4.69) is 60.0 Å². The van der Waals surface area contributed by atoms with Gasteiger partial charge in [0.25, 0.3) is 0 Å². The average molecular weight is 328 g/mol. The lowest BCUT2D eigenvalue weighted by atomic mass is 9.96. The molecule has 0 bridgehead atoms. The van der Waals surface area contributed by atoms with Crippen LogP contribution in [-0.2, 0) is 0 Å². The summed E-state index contributed by atoms with van der Waals surface area (Å²) in [6.45, 7) is 9.61. The molecule has 2 aromatic rings. The van der Waals surface area contributed by atoms with Crippen LogP contribution in [0.1, 0.15) is 48.6 Å². The first-order valence-corrected chi connectivity index (χ1v) is 8.52. The summed E-state index contributed by atoms with van der Waals surface area (Å²) in [6.07, 6.45) is 1.84. The minimum absolute atomic E-state index is 0.0800. The summed E-state index contributed by atoms with van der Waals surface area (Å²) in [5, 5.41) is 4.31. The van der Waals surface area contributed by atoms with Gasteiger partial charge in [0.15, 0.2) is 5.11 Å². The highest BCUT2D eigenvalue weighted by atomic mass is 32.1. The number of thiocarbonyl (C=S) groups is 1. The fourth-order valence-electron chi connectivity index (χ4n) is 3.39. The van der Waals surface area contributed by atoms with Gasteiger partial charge >= 0.3 is 0 Å². The number of nitrogens with one attached hydrogen (secondary N) is 2. The molecule has 0 amide bonds. The van der Waals surface area contributed by atoms with Crippen LogP contribution in [0.5, 0.6) is 0 Å². The zero-order chi connectivity index (χ0) is 16.6. The number of aromatic nitrogens is 2. The van der Waals surface area contributed by atoms with Crippen molar-refractivity contribution in [3.8, 4) is 0 Å². The molecule has 2 aromatic heterocycles. The predicted molar refractivity (Wildman–Crippen MR) is 97.3 cm³/mol. The standard InChI is InChI=1S/C18H24N4S/c1-11(2)10-22-17(14-9-12(3)20-13(14)4)16(21-18(22)23)15-7-5-6-8-19-15/h5-9,11,16-17,20H,10H2,1-4H3,(H,21,23)/t16-,17+/m0/s1. The van der Waals surface area contributed by atoms with Crippen molar-refractivity contribution in [2.24, 2.45) is 5.92 Å². The van der Waals surface area contributed by atoms with E-state index < -0.39 is 0 Å². The second-order valence-corrected chi connectivity index (χ2v) is 7.09. The Balaban J connectivity index is 2.05. The van der Waals surface area contributed by atoms with Crippen LogP contribution in [0, 0.1) is 19.8 Å². The number of hydrogen-bond donors (Lipinski definition) is 2. The second kappa shape index (κ2) is 6.32. The largest absolute Gasteiger partial charge is 0.362 e. The molecule has 3 heterocycles. The number of pyridine rings is 1. The Labute approximate surface area is 143 Å². The van der Waals surface area contributed by atoms with Crippen LogP contribution in [0.2, 0.25) is 0 Å². The van der Waals surface area contributed by atoms with E-state index in [0.717, 1.165) is 17.4 Å². The summed E-state index contributed by atoms with van der Waals surface area (Å²) in [6, 6.07) is 8.54. The molecule has 5 heteroatoms. The number of nitrogens with zero attached hydrogens (tertiary/aromatic N) is 2. The third kappa shape index (κ3) is 3.11. The lowest BCUT2D eigenvalue weighted by Gasteiger charge is -2.29. The van der Waals surface area contributed by atoms with E-state index in [1.807, 2.05) is 18.3 Å². The first-order chi connectivity index (χ1) is 11.0. The molecule has 0 radical (unpaired) electrons. The maximum Gasteiger partial charge on any atom is 0.170 e. The molecule has 0 aromatic carbocycles. The topological polar surface area (TPSA) is 44.0 Å². The summed E-state index contributed by atoms with van der Waals surface area (Å²) in [5.41, 5.74) is 4.71. The Kier molecular flexibility index (Phi) is 4.39. The van der Waals surface area contributed by atoms with Gasteiger partial charge in [-0.05, 0) is 55.7 Å². The first kappa shape index (κ1) is 16.0. The predicted octanol–water partition coefficient (Wildman–Crippen LogP) is 3.66. The number of rotatable bonds is 4. The average Bonchev–Trinajstić information content (AvgIpc) is 2.99. The molecule has 1 aliphatic heterocycles. The van der Waals surface area contributed by atoms with Crippen LogP contribution in [0.3, 0.4) is 0 Å². The van der Waals surface area contributed by atoms with Crippen LogP contribution in [-0.4, -0.2) is 26.5 Å². The van der Waals surface area contributed by atoms with Gasteiger partial charge in [-0.15, -0.1) is 0 Å². The fraction of sp³-hybridized carbons (Fsp3) is 0.444. The lowest BCUT2D eigenvalue weighted by Crippen LogP contribution is -2.33. The summed E-state index contributed by atoms with van der Waals surface area (Å²) >= 11 is 5.64. The second-order valence-electron chi connectivity index (χ2n) is 6.71. The molecular formula is C18H24N4S. The molecule has 122 valence electrons. The SMILES string of the molecule is Cc1cc([C@@H]2[C@H](c3ccccn3)NC(=S)N2CC(C)C)c(C)[nH]1. The van der Waals surface area contributed by atoms with Crippen molar-refractivity contribution in [1.82, 2.24) is 20.2 Å². The fourth-order valence-corrected chi connectivity index (χ4v) is 3.70. The summed E-state index contributed by atoms with van der Waals surface area (Å²) < 4.78 is 0. The van der Waals surface area contributed by atoms with Crippen molar-refractivity contribution in [3.63, 3.8) is 0 Å². The highest BCUT2D eigenvalue weighted by Gasteiger charge is 2.40. The maximum absolute atomic E-state index is 5.64. The van der Waals surface area contributed by atoms with Crippen molar-refractivity contribution in [2.75, 3.05) is 6.54 Å². The zero-order valence-electron chi connectivity index (χ0n) is 14.1. The number of hydrogen-bond acceptors (Lipinski definition) is 2. The van der Waals surface area contributed by atoms with Gasteiger partial charge in [-0.2, -0.15) is 0 Å². The van der Waals surface area contributed by atoms with Gasteiger partial charge in [0.1, 0.15) is 0 Å². The summed E-state index contributed by atoms with van der Waals surface area (Å²) in [5.74, 6) is 0.542. The van der Waals surface area contributed by atoms with Crippen molar-refractivity contribution in [1.29, 1.82) is 0 Å². The molecule has 1 fully saturated rings. The van der Waals surface area contributed by atoms with Crippen LogP contribution in [0.25, 0.3) is 0 Å². The summed E-state index contributed by atoms with van der Waals surface area (Å²) in [4.78, 5) is 10.3.